The molecule has 0 spiro atoms. The van der Waals surface area contributed by atoms with Gasteiger partial charge in [-0.15, -0.1) is 0 Å². The van der Waals surface area contributed by atoms with Crippen LogP contribution in [0.4, 0.5) is 11.4 Å². The molecule has 2 aromatic rings. The number of anilines is 2. The Labute approximate surface area is 141 Å². The Morgan fingerprint density at radius 3 is 2.14 bits per heavy atom. The van der Waals surface area contributed by atoms with Crippen molar-refractivity contribution in [1.29, 1.82) is 0 Å². The van der Waals surface area contributed by atoms with Gasteiger partial charge in [0, 0.05) is 14.6 Å². The van der Waals surface area contributed by atoms with Gasteiger partial charge in [0.2, 0.25) is 0 Å². The molecule has 0 aliphatic carbocycles. The second-order valence-corrected chi connectivity index (χ2v) is 8.09. The van der Waals surface area contributed by atoms with Crippen molar-refractivity contribution < 1.29 is 8.42 Å². The molecule has 0 unspecified atom stereocenters. The van der Waals surface area contributed by atoms with Crippen LogP contribution in [0.25, 0.3) is 0 Å². The Morgan fingerprint density at radius 1 is 1.05 bits per heavy atom. The Bertz CT molecular complexity index is 782. The van der Waals surface area contributed by atoms with Gasteiger partial charge in [0.15, 0.2) is 0 Å². The minimum absolute atomic E-state index is 0.253. The van der Waals surface area contributed by atoms with Gasteiger partial charge in [-0.25, -0.2) is 8.42 Å². The molecule has 112 valence electrons. The van der Waals surface area contributed by atoms with Crippen molar-refractivity contribution in [2.45, 2.75) is 18.7 Å². The lowest BCUT2D eigenvalue weighted by Gasteiger charge is -2.14. The number of benzene rings is 2. The van der Waals surface area contributed by atoms with E-state index in [1.54, 1.807) is 31.2 Å². The highest BCUT2D eigenvalue weighted by Gasteiger charge is 2.19. The van der Waals surface area contributed by atoms with E-state index in [0.29, 0.717) is 25.9 Å². The van der Waals surface area contributed by atoms with Gasteiger partial charge in [-0.05, 0) is 69.5 Å². The normalized spacial score (nSPS) is 11.4. The molecule has 4 nitrogen and oxygen atoms in total. The van der Waals surface area contributed by atoms with Gasteiger partial charge in [-0.2, -0.15) is 0 Å². The Hall–Kier alpha value is -1.05. The second-order valence-electron chi connectivity index (χ2n) is 4.73. The fourth-order valence-electron chi connectivity index (χ4n) is 1.98. The summed E-state index contributed by atoms with van der Waals surface area (Å²) in [6, 6.07) is 8.50. The molecule has 0 amide bonds. The highest BCUT2D eigenvalue weighted by Crippen LogP contribution is 2.35. The predicted molar refractivity (Wildman–Crippen MR) is 93.0 cm³/mol. The highest BCUT2D eigenvalue weighted by molar-refractivity contribution is 9.11. The predicted octanol–water partition coefficient (Wildman–Crippen LogP) is 4.21. The Morgan fingerprint density at radius 2 is 1.62 bits per heavy atom. The fraction of sp³-hybridized carbons (Fsp3) is 0.143. The molecule has 0 aliphatic heterocycles. The minimum atomic E-state index is -3.67. The van der Waals surface area contributed by atoms with Crippen LogP contribution in [0.5, 0.6) is 0 Å². The molecule has 0 aliphatic rings. The molecular formula is C14H14Br2N2O2S. The number of aryl methyl sites for hydroxylation is 2. The summed E-state index contributed by atoms with van der Waals surface area (Å²) < 4.78 is 28.8. The van der Waals surface area contributed by atoms with Crippen molar-refractivity contribution in [2.75, 3.05) is 10.5 Å². The van der Waals surface area contributed by atoms with E-state index >= 15 is 0 Å². The number of sulfonamides is 1. The third-order valence-electron chi connectivity index (χ3n) is 2.92. The molecule has 2 rings (SSSR count). The monoisotopic (exact) mass is 432 g/mol. The molecule has 7 heteroatoms. The van der Waals surface area contributed by atoms with Crippen molar-refractivity contribution in [2.24, 2.45) is 0 Å². The first-order chi connectivity index (χ1) is 9.70. The van der Waals surface area contributed by atoms with Gasteiger partial charge >= 0.3 is 0 Å². The zero-order valence-electron chi connectivity index (χ0n) is 11.4. The van der Waals surface area contributed by atoms with Crippen LogP contribution in [0.15, 0.2) is 44.2 Å². The van der Waals surface area contributed by atoms with E-state index in [-0.39, 0.29) is 4.90 Å². The largest absolute Gasteiger partial charge is 0.399 e. The van der Waals surface area contributed by atoms with Crippen molar-refractivity contribution in [1.82, 2.24) is 0 Å². The molecule has 0 heterocycles. The maximum absolute atomic E-state index is 12.5. The molecule has 0 fully saturated rings. The lowest BCUT2D eigenvalue weighted by molar-refractivity contribution is 0.600. The van der Waals surface area contributed by atoms with Gasteiger partial charge in [0.05, 0.1) is 10.6 Å². The standard InChI is InChI=1S/C14H14Br2N2O2S/c1-8-3-4-13(9(2)5-8)21(19,20)18-14-11(15)6-10(17)7-12(14)16/h3-7,18H,17H2,1-2H3. The van der Waals surface area contributed by atoms with Crippen LogP contribution in [-0.2, 0) is 10.0 Å². The smallest absolute Gasteiger partial charge is 0.262 e. The molecule has 21 heavy (non-hydrogen) atoms. The van der Waals surface area contributed by atoms with Gasteiger partial charge < -0.3 is 5.73 Å². The van der Waals surface area contributed by atoms with Crippen molar-refractivity contribution in [3.8, 4) is 0 Å². The average Bonchev–Trinajstić information content (AvgIpc) is 2.33. The van der Waals surface area contributed by atoms with Crippen LogP contribution in [0.1, 0.15) is 11.1 Å². The summed E-state index contributed by atoms with van der Waals surface area (Å²) in [5.41, 5.74) is 8.37. The van der Waals surface area contributed by atoms with E-state index in [0.717, 1.165) is 5.56 Å². The molecule has 2 aromatic carbocycles. The molecule has 0 aromatic heterocycles. The van der Waals surface area contributed by atoms with E-state index in [1.165, 1.54) is 0 Å². The highest BCUT2D eigenvalue weighted by atomic mass is 79.9. The number of halogens is 2. The number of nitrogen functional groups attached to an aromatic ring is 1. The van der Waals surface area contributed by atoms with Crippen molar-refractivity contribution >= 4 is 53.3 Å². The first-order valence-electron chi connectivity index (χ1n) is 6.05. The third kappa shape index (κ3) is 3.59. The Kier molecular flexibility index (Phi) is 4.65. The van der Waals surface area contributed by atoms with E-state index in [2.05, 4.69) is 36.6 Å². The Balaban J connectivity index is 2.47. The number of hydrogen-bond acceptors (Lipinski definition) is 3. The topological polar surface area (TPSA) is 72.2 Å². The summed E-state index contributed by atoms with van der Waals surface area (Å²) in [7, 11) is -3.67. The average molecular weight is 434 g/mol. The number of rotatable bonds is 3. The van der Waals surface area contributed by atoms with Crippen LogP contribution >= 0.6 is 31.9 Å². The first kappa shape index (κ1) is 16.3. The molecule has 0 radical (unpaired) electrons. The van der Waals surface area contributed by atoms with Crippen molar-refractivity contribution in [3.63, 3.8) is 0 Å². The third-order valence-corrected chi connectivity index (χ3v) is 5.68. The summed E-state index contributed by atoms with van der Waals surface area (Å²) in [5.74, 6) is 0. The van der Waals surface area contributed by atoms with Crippen LogP contribution in [-0.4, -0.2) is 8.42 Å². The lowest BCUT2D eigenvalue weighted by Crippen LogP contribution is -2.15. The number of nitrogens with one attached hydrogen (secondary N) is 1. The van der Waals surface area contributed by atoms with Crippen LogP contribution in [0.3, 0.4) is 0 Å². The fourth-order valence-corrected chi connectivity index (χ4v) is 4.99. The lowest BCUT2D eigenvalue weighted by atomic mass is 10.2. The van der Waals surface area contributed by atoms with Crippen LogP contribution in [0, 0.1) is 13.8 Å². The number of hydrogen-bond donors (Lipinski definition) is 2. The SMILES string of the molecule is Cc1ccc(S(=O)(=O)Nc2c(Br)cc(N)cc2Br)c(C)c1. The van der Waals surface area contributed by atoms with Crippen LogP contribution < -0.4 is 10.5 Å². The quantitative estimate of drug-likeness (QED) is 0.712. The van der Waals surface area contributed by atoms with E-state index in [4.69, 9.17) is 5.73 Å². The zero-order chi connectivity index (χ0) is 15.8. The maximum atomic E-state index is 12.5. The first-order valence-corrected chi connectivity index (χ1v) is 9.12. The van der Waals surface area contributed by atoms with E-state index in [9.17, 15) is 8.42 Å². The molecule has 0 bridgehead atoms. The van der Waals surface area contributed by atoms with Crippen LogP contribution in [0.2, 0.25) is 0 Å². The van der Waals surface area contributed by atoms with Gasteiger partial charge in [0.25, 0.3) is 10.0 Å². The maximum Gasteiger partial charge on any atom is 0.262 e. The molecular weight excluding hydrogens is 420 g/mol. The summed E-state index contributed by atoms with van der Waals surface area (Å²) >= 11 is 6.63. The summed E-state index contributed by atoms with van der Waals surface area (Å²) in [6.07, 6.45) is 0. The molecule has 3 N–H and O–H groups in total. The molecule has 0 atom stereocenters. The van der Waals surface area contributed by atoms with Gasteiger partial charge in [-0.1, -0.05) is 17.7 Å². The minimum Gasteiger partial charge on any atom is -0.399 e. The molecule has 0 saturated heterocycles. The summed E-state index contributed by atoms with van der Waals surface area (Å²) in [5, 5.41) is 0. The van der Waals surface area contributed by atoms with E-state index < -0.39 is 10.0 Å². The van der Waals surface area contributed by atoms with Crippen molar-refractivity contribution in [3.05, 3.63) is 50.4 Å². The summed E-state index contributed by atoms with van der Waals surface area (Å²) in [4.78, 5) is 0.253. The van der Waals surface area contributed by atoms with Gasteiger partial charge in [-0.3, -0.25) is 4.72 Å². The zero-order valence-corrected chi connectivity index (χ0v) is 15.4. The number of nitrogens with two attached hydrogens (primary N) is 1. The summed E-state index contributed by atoms with van der Waals surface area (Å²) in [6.45, 7) is 3.69. The molecule has 0 saturated carbocycles. The van der Waals surface area contributed by atoms with Gasteiger partial charge in [0.1, 0.15) is 0 Å². The van der Waals surface area contributed by atoms with E-state index in [1.807, 2.05) is 13.0 Å². The second kappa shape index (κ2) is 5.98.